The standard InChI is InChI=1S/C13H20N4/c1-8-16-11(13(2,3)4)10-9(5-6-14)7-15-12(10)17-8/h7H,5-6,14H2,1-4H3,(H,15,16,17). The van der Waals surface area contributed by atoms with Crippen molar-refractivity contribution in [1.29, 1.82) is 0 Å². The first-order valence-electron chi connectivity index (χ1n) is 5.98. The van der Waals surface area contributed by atoms with Gasteiger partial charge in [-0.1, -0.05) is 20.8 Å². The smallest absolute Gasteiger partial charge is 0.141 e. The van der Waals surface area contributed by atoms with Crippen LogP contribution >= 0.6 is 0 Å². The van der Waals surface area contributed by atoms with E-state index in [0.29, 0.717) is 6.54 Å². The maximum Gasteiger partial charge on any atom is 0.141 e. The molecule has 0 fully saturated rings. The second-order valence-corrected chi connectivity index (χ2v) is 5.45. The van der Waals surface area contributed by atoms with E-state index in [0.717, 1.165) is 29.0 Å². The number of rotatable bonds is 2. The molecule has 92 valence electrons. The number of aryl methyl sites for hydroxylation is 1. The summed E-state index contributed by atoms with van der Waals surface area (Å²) in [5.41, 5.74) is 8.90. The first kappa shape index (κ1) is 12.0. The average molecular weight is 232 g/mol. The van der Waals surface area contributed by atoms with Crippen molar-refractivity contribution < 1.29 is 0 Å². The Bertz CT molecular complexity index is 534. The minimum atomic E-state index is 0.0114. The monoisotopic (exact) mass is 232 g/mol. The first-order chi connectivity index (χ1) is 7.93. The fourth-order valence-electron chi connectivity index (χ4n) is 2.10. The molecular weight excluding hydrogens is 212 g/mol. The third-order valence-corrected chi connectivity index (χ3v) is 2.85. The number of H-pyrrole nitrogens is 1. The number of hydrogen-bond donors (Lipinski definition) is 2. The number of fused-ring (bicyclic) bond motifs is 1. The van der Waals surface area contributed by atoms with Gasteiger partial charge in [-0.05, 0) is 25.5 Å². The van der Waals surface area contributed by atoms with E-state index in [1.807, 2.05) is 13.1 Å². The molecule has 2 heterocycles. The summed E-state index contributed by atoms with van der Waals surface area (Å²) in [6.45, 7) is 9.09. The molecule has 0 unspecified atom stereocenters. The number of hydrogen-bond acceptors (Lipinski definition) is 3. The zero-order valence-corrected chi connectivity index (χ0v) is 11.0. The molecule has 0 amide bonds. The highest BCUT2D eigenvalue weighted by molar-refractivity contribution is 5.83. The van der Waals surface area contributed by atoms with Gasteiger partial charge >= 0.3 is 0 Å². The van der Waals surface area contributed by atoms with Crippen LogP contribution in [-0.4, -0.2) is 21.5 Å². The Morgan fingerprint density at radius 1 is 1.29 bits per heavy atom. The molecular formula is C13H20N4. The Hall–Kier alpha value is -1.42. The Morgan fingerprint density at radius 3 is 2.59 bits per heavy atom. The van der Waals surface area contributed by atoms with Crippen molar-refractivity contribution in [2.75, 3.05) is 6.54 Å². The highest BCUT2D eigenvalue weighted by atomic mass is 15.0. The van der Waals surface area contributed by atoms with Gasteiger partial charge in [0.05, 0.1) is 5.69 Å². The second kappa shape index (κ2) is 4.11. The van der Waals surface area contributed by atoms with Crippen molar-refractivity contribution in [3.05, 3.63) is 23.3 Å². The van der Waals surface area contributed by atoms with Gasteiger partial charge < -0.3 is 10.7 Å². The van der Waals surface area contributed by atoms with Crippen LogP contribution in [-0.2, 0) is 11.8 Å². The summed E-state index contributed by atoms with van der Waals surface area (Å²) in [5, 5.41) is 1.15. The fraction of sp³-hybridized carbons (Fsp3) is 0.538. The number of aromatic amines is 1. The van der Waals surface area contributed by atoms with Gasteiger partial charge in [0.2, 0.25) is 0 Å². The van der Waals surface area contributed by atoms with E-state index in [2.05, 4.69) is 35.7 Å². The molecule has 0 spiro atoms. The SMILES string of the molecule is Cc1nc(C(C)(C)C)c2c(CCN)c[nH]c2n1. The van der Waals surface area contributed by atoms with Gasteiger partial charge in [-0.15, -0.1) is 0 Å². The summed E-state index contributed by atoms with van der Waals surface area (Å²) < 4.78 is 0. The first-order valence-corrected chi connectivity index (χ1v) is 5.98. The summed E-state index contributed by atoms with van der Waals surface area (Å²) >= 11 is 0. The quantitative estimate of drug-likeness (QED) is 0.833. The molecule has 0 aliphatic heterocycles. The average Bonchev–Trinajstić information content (AvgIpc) is 2.59. The largest absolute Gasteiger partial charge is 0.346 e. The lowest BCUT2D eigenvalue weighted by Gasteiger charge is -2.19. The lowest BCUT2D eigenvalue weighted by molar-refractivity contribution is 0.571. The summed E-state index contributed by atoms with van der Waals surface area (Å²) in [5.74, 6) is 0.809. The molecule has 2 aromatic rings. The third-order valence-electron chi connectivity index (χ3n) is 2.85. The maximum absolute atomic E-state index is 5.65. The predicted molar refractivity (Wildman–Crippen MR) is 70.1 cm³/mol. The Kier molecular flexibility index (Phi) is 2.91. The van der Waals surface area contributed by atoms with Crippen LogP contribution in [0.15, 0.2) is 6.20 Å². The van der Waals surface area contributed by atoms with E-state index < -0.39 is 0 Å². The minimum Gasteiger partial charge on any atom is -0.346 e. The zero-order valence-electron chi connectivity index (χ0n) is 11.0. The molecule has 4 heteroatoms. The summed E-state index contributed by atoms with van der Waals surface area (Å²) in [4.78, 5) is 12.3. The van der Waals surface area contributed by atoms with Gasteiger partial charge in [0.25, 0.3) is 0 Å². The van der Waals surface area contributed by atoms with E-state index in [4.69, 9.17) is 5.73 Å². The summed E-state index contributed by atoms with van der Waals surface area (Å²) in [7, 11) is 0. The fourth-order valence-corrected chi connectivity index (χ4v) is 2.10. The lowest BCUT2D eigenvalue weighted by Crippen LogP contribution is -2.16. The molecule has 2 aromatic heterocycles. The van der Waals surface area contributed by atoms with Gasteiger partial charge in [0.15, 0.2) is 0 Å². The molecule has 0 bridgehead atoms. The molecule has 0 saturated heterocycles. The van der Waals surface area contributed by atoms with E-state index in [9.17, 15) is 0 Å². The normalized spacial score (nSPS) is 12.3. The topological polar surface area (TPSA) is 67.6 Å². The van der Waals surface area contributed by atoms with E-state index >= 15 is 0 Å². The number of nitrogens with two attached hydrogens (primary N) is 1. The molecule has 3 N–H and O–H groups in total. The molecule has 0 radical (unpaired) electrons. The third kappa shape index (κ3) is 2.17. The van der Waals surface area contributed by atoms with Crippen LogP contribution in [0.1, 0.15) is 37.9 Å². The number of nitrogens with zero attached hydrogens (tertiary/aromatic N) is 2. The highest BCUT2D eigenvalue weighted by Gasteiger charge is 2.22. The molecule has 2 rings (SSSR count). The summed E-state index contributed by atoms with van der Waals surface area (Å²) in [6, 6.07) is 0. The molecule has 17 heavy (non-hydrogen) atoms. The van der Waals surface area contributed by atoms with Crippen molar-refractivity contribution in [2.24, 2.45) is 5.73 Å². The van der Waals surface area contributed by atoms with Gasteiger partial charge in [0.1, 0.15) is 11.5 Å². The van der Waals surface area contributed by atoms with Crippen LogP contribution in [0.5, 0.6) is 0 Å². The summed E-state index contributed by atoms with van der Waals surface area (Å²) in [6.07, 6.45) is 2.86. The van der Waals surface area contributed by atoms with Gasteiger partial charge in [0, 0.05) is 17.0 Å². The van der Waals surface area contributed by atoms with E-state index in [1.165, 1.54) is 5.56 Å². The molecule has 4 nitrogen and oxygen atoms in total. The second-order valence-electron chi connectivity index (χ2n) is 5.45. The molecule has 0 aromatic carbocycles. The number of nitrogens with one attached hydrogen (secondary N) is 1. The molecule has 0 aliphatic carbocycles. The van der Waals surface area contributed by atoms with Crippen LogP contribution in [0.25, 0.3) is 11.0 Å². The minimum absolute atomic E-state index is 0.0114. The molecule has 0 saturated carbocycles. The van der Waals surface area contributed by atoms with Crippen molar-refractivity contribution in [3.8, 4) is 0 Å². The predicted octanol–water partition coefficient (Wildman–Crippen LogP) is 2.07. The van der Waals surface area contributed by atoms with Crippen molar-refractivity contribution >= 4 is 11.0 Å². The van der Waals surface area contributed by atoms with Crippen LogP contribution < -0.4 is 5.73 Å². The van der Waals surface area contributed by atoms with Gasteiger partial charge in [-0.2, -0.15) is 0 Å². The van der Waals surface area contributed by atoms with Crippen LogP contribution in [0.3, 0.4) is 0 Å². The lowest BCUT2D eigenvalue weighted by atomic mass is 9.88. The van der Waals surface area contributed by atoms with Gasteiger partial charge in [-0.25, -0.2) is 9.97 Å². The van der Waals surface area contributed by atoms with Gasteiger partial charge in [-0.3, -0.25) is 0 Å². The molecule has 0 aliphatic rings. The van der Waals surface area contributed by atoms with E-state index in [1.54, 1.807) is 0 Å². The van der Waals surface area contributed by atoms with E-state index in [-0.39, 0.29) is 5.41 Å². The zero-order chi connectivity index (χ0) is 12.6. The Balaban J connectivity index is 2.74. The maximum atomic E-state index is 5.65. The van der Waals surface area contributed by atoms with Crippen LogP contribution in [0.4, 0.5) is 0 Å². The molecule has 0 atom stereocenters. The van der Waals surface area contributed by atoms with Crippen molar-refractivity contribution in [3.63, 3.8) is 0 Å². The number of aromatic nitrogens is 3. The van der Waals surface area contributed by atoms with Crippen molar-refractivity contribution in [2.45, 2.75) is 39.5 Å². The van der Waals surface area contributed by atoms with Crippen LogP contribution in [0, 0.1) is 6.92 Å². The van der Waals surface area contributed by atoms with Crippen LogP contribution in [0.2, 0.25) is 0 Å². The highest BCUT2D eigenvalue weighted by Crippen LogP contribution is 2.29. The Labute approximate surface area is 102 Å². The Morgan fingerprint density at radius 2 is 2.00 bits per heavy atom. The van der Waals surface area contributed by atoms with Crippen molar-refractivity contribution in [1.82, 2.24) is 15.0 Å².